The van der Waals surface area contributed by atoms with E-state index in [1.165, 1.54) is 4.31 Å². The Morgan fingerprint density at radius 3 is 2.29 bits per heavy atom. The number of sulfonamides is 1. The largest absolute Gasteiger partial charge is 0.352 e. The molecule has 0 radical (unpaired) electrons. The van der Waals surface area contributed by atoms with Crippen LogP contribution in [0.4, 0.5) is 0 Å². The molecule has 0 atom stereocenters. The molecule has 1 saturated heterocycles. The average Bonchev–Trinajstić information content (AvgIpc) is 2.69. The van der Waals surface area contributed by atoms with E-state index in [1.807, 2.05) is 57.2 Å². The second-order valence-corrected chi connectivity index (χ2v) is 9.82. The van der Waals surface area contributed by atoms with Gasteiger partial charge in [0.2, 0.25) is 15.9 Å². The van der Waals surface area contributed by atoms with E-state index < -0.39 is 15.4 Å². The van der Waals surface area contributed by atoms with Crippen LogP contribution in [-0.4, -0.2) is 31.7 Å². The number of nitrogens with zero attached hydrogens (tertiary/aromatic N) is 1. The molecule has 0 aromatic heterocycles. The Kier molecular flexibility index (Phi) is 5.91. The highest BCUT2D eigenvalue weighted by Gasteiger charge is 2.40. The van der Waals surface area contributed by atoms with Crippen molar-refractivity contribution in [1.82, 2.24) is 9.62 Å². The Morgan fingerprint density at radius 2 is 1.68 bits per heavy atom. The lowest BCUT2D eigenvalue weighted by Gasteiger charge is -2.37. The van der Waals surface area contributed by atoms with Crippen molar-refractivity contribution in [2.24, 2.45) is 5.41 Å². The molecule has 0 saturated carbocycles. The summed E-state index contributed by atoms with van der Waals surface area (Å²) in [7, 11) is -3.53. The van der Waals surface area contributed by atoms with Crippen molar-refractivity contribution in [2.75, 3.05) is 13.1 Å². The molecule has 2 aromatic rings. The molecule has 1 amide bonds. The molecule has 1 heterocycles. The second kappa shape index (κ2) is 8.05. The summed E-state index contributed by atoms with van der Waals surface area (Å²) in [4.78, 5) is 13.0. The zero-order valence-electron chi connectivity index (χ0n) is 16.7. The summed E-state index contributed by atoms with van der Waals surface area (Å²) in [5.74, 6) is -0.0143. The van der Waals surface area contributed by atoms with E-state index in [1.54, 1.807) is 12.1 Å². The van der Waals surface area contributed by atoms with Crippen molar-refractivity contribution < 1.29 is 13.2 Å². The molecule has 0 spiro atoms. The van der Waals surface area contributed by atoms with Crippen LogP contribution in [0, 0.1) is 19.3 Å². The van der Waals surface area contributed by atoms with Crippen molar-refractivity contribution in [3.8, 4) is 0 Å². The van der Waals surface area contributed by atoms with Gasteiger partial charge in [-0.15, -0.1) is 0 Å². The predicted octanol–water partition coefficient (Wildman–Crippen LogP) is 3.41. The maximum atomic E-state index is 13.0. The van der Waals surface area contributed by atoms with Crippen LogP contribution in [-0.2, 0) is 21.4 Å². The van der Waals surface area contributed by atoms with Crippen LogP contribution < -0.4 is 5.32 Å². The number of benzene rings is 2. The molecule has 5 nitrogen and oxygen atoms in total. The van der Waals surface area contributed by atoms with E-state index in [0.717, 1.165) is 16.7 Å². The third-order valence-electron chi connectivity index (χ3n) is 5.79. The van der Waals surface area contributed by atoms with Crippen molar-refractivity contribution in [2.45, 2.75) is 45.1 Å². The number of hydrogen-bond acceptors (Lipinski definition) is 3. The lowest BCUT2D eigenvalue weighted by Crippen LogP contribution is -2.48. The molecule has 6 heteroatoms. The molecule has 0 unspecified atom stereocenters. The predicted molar refractivity (Wildman–Crippen MR) is 110 cm³/mol. The van der Waals surface area contributed by atoms with Crippen LogP contribution in [0.5, 0.6) is 0 Å². The number of nitrogens with one attached hydrogen (secondary N) is 1. The van der Waals surface area contributed by atoms with E-state index in [2.05, 4.69) is 5.32 Å². The van der Waals surface area contributed by atoms with Gasteiger partial charge in [0, 0.05) is 25.0 Å². The molecule has 1 fully saturated rings. The summed E-state index contributed by atoms with van der Waals surface area (Å²) in [6, 6.07) is 15.0. The summed E-state index contributed by atoms with van der Waals surface area (Å²) in [6.07, 6.45) is 1.02. The lowest BCUT2D eigenvalue weighted by molar-refractivity contribution is -0.132. The van der Waals surface area contributed by atoms with Crippen molar-refractivity contribution >= 4 is 15.9 Å². The van der Waals surface area contributed by atoms with E-state index >= 15 is 0 Å². The lowest BCUT2D eigenvalue weighted by atomic mass is 9.80. The van der Waals surface area contributed by atoms with Crippen LogP contribution in [0.25, 0.3) is 0 Å². The van der Waals surface area contributed by atoms with Gasteiger partial charge in [-0.25, -0.2) is 8.42 Å². The van der Waals surface area contributed by atoms with Crippen LogP contribution in [0.1, 0.15) is 36.5 Å². The van der Waals surface area contributed by atoms with Gasteiger partial charge >= 0.3 is 0 Å². The van der Waals surface area contributed by atoms with Gasteiger partial charge in [-0.05, 0) is 55.5 Å². The van der Waals surface area contributed by atoms with Gasteiger partial charge in [-0.3, -0.25) is 4.79 Å². The van der Waals surface area contributed by atoms with Gasteiger partial charge in [0.25, 0.3) is 0 Å². The van der Waals surface area contributed by atoms with Gasteiger partial charge < -0.3 is 5.32 Å². The molecular formula is C22H28N2O3S. The first-order chi connectivity index (χ1) is 13.2. The minimum absolute atomic E-state index is 0.0143. The number of aryl methyl sites for hydroxylation is 2. The number of carbonyl (C=O) groups excluding carboxylic acids is 1. The number of rotatable bonds is 5. The van der Waals surface area contributed by atoms with Gasteiger partial charge in [0.05, 0.1) is 4.90 Å². The molecular weight excluding hydrogens is 372 g/mol. The standard InChI is InChI=1S/C22H28N2O3S/c1-17-9-10-20(15-18(17)2)28(26,27)24-13-11-22(3,12-14-24)21(25)23-16-19-7-5-4-6-8-19/h4-10,15H,11-14,16H2,1-3H3,(H,23,25). The summed E-state index contributed by atoms with van der Waals surface area (Å²) in [5, 5.41) is 3.00. The Balaban J connectivity index is 1.63. The number of amides is 1. The summed E-state index contributed by atoms with van der Waals surface area (Å²) in [6.45, 7) is 6.99. The molecule has 3 rings (SSSR count). The fourth-order valence-corrected chi connectivity index (χ4v) is 4.99. The third-order valence-corrected chi connectivity index (χ3v) is 7.68. The molecule has 150 valence electrons. The maximum absolute atomic E-state index is 13.0. The van der Waals surface area contributed by atoms with Crippen LogP contribution in [0.3, 0.4) is 0 Å². The highest BCUT2D eigenvalue weighted by atomic mass is 32.2. The molecule has 0 bridgehead atoms. The van der Waals surface area contributed by atoms with Gasteiger partial charge in [0.15, 0.2) is 0 Å². The highest BCUT2D eigenvalue weighted by molar-refractivity contribution is 7.89. The fraction of sp³-hybridized carbons (Fsp3) is 0.409. The Morgan fingerprint density at radius 1 is 1.04 bits per heavy atom. The number of hydrogen-bond donors (Lipinski definition) is 1. The van der Waals surface area contributed by atoms with Gasteiger partial charge in [-0.1, -0.05) is 43.3 Å². The van der Waals surface area contributed by atoms with E-state index in [0.29, 0.717) is 37.4 Å². The first-order valence-corrected chi connectivity index (χ1v) is 11.1. The quantitative estimate of drug-likeness (QED) is 0.836. The van der Waals surface area contributed by atoms with Crippen molar-refractivity contribution in [3.05, 3.63) is 65.2 Å². The first-order valence-electron chi connectivity index (χ1n) is 9.62. The Hall–Kier alpha value is -2.18. The SMILES string of the molecule is Cc1ccc(S(=O)(=O)N2CCC(C)(C(=O)NCc3ccccc3)CC2)cc1C. The fourth-order valence-electron chi connectivity index (χ4n) is 3.46. The molecule has 0 aliphatic carbocycles. The number of piperidine rings is 1. The zero-order valence-corrected chi connectivity index (χ0v) is 17.6. The average molecular weight is 401 g/mol. The van der Waals surface area contributed by atoms with Crippen LogP contribution in [0.2, 0.25) is 0 Å². The molecule has 2 aromatic carbocycles. The summed E-state index contributed by atoms with van der Waals surface area (Å²) in [5.41, 5.74) is 2.53. The molecule has 1 N–H and O–H groups in total. The van der Waals surface area contributed by atoms with Crippen molar-refractivity contribution in [1.29, 1.82) is 0 Å². The van der Waals surface area contributed by atoms with E-state index in [-0.39, 0.29) is 5.91 Å². The topological polar surface area (TPSA) is 66.5 Å². The minimum atomic E-state index is -3.53. The normalized spacial score (nSPS) is 17.2. The van der Waals surface area contributed by atoms with Crippen molar-refractivity contribution in [3.63, 3.8) is 0 Å². The Labute approximate surface area is 167 Å². The molecule has 28 heavy (non-hydrogen) atoms. The highest BCUT2D eigenvalue weighted by Crippen LogP contribution is 2.33. The van der Waals surface area contributed by atoms with Gasteiger partial charge in [0.1, 0.15) is 0 Å². The monoisotopic (exact) mass is 400 g/mol. The molecule has 1 aliphatic heterocycles. The first kappa shape index (κ1) is 20.6. The number of carbonyl (C=O) groups is 1. The second-order valence-electron chi connectivity index (χ2n) is 7.88. The van der Waals surface area contributed by atoms with Crippen LogP contribution in [0.15, 0.2) is 53.4 Å². The zero-order chi connectivity index (χ0) is 20.4. The third kappa shape index (κ3) is 4.28. The van der Waals surface area contributed by atoms with Crippen LogP contribution >= 0.6 is 0 Å². The minimum Gasteiger partial charge on any atom is -0.352 e. The summed E-state index contributed by atoms with van der Waals surface area (Å²) < 4.78 is 27.4. The van der Waals surface area contributed by atoms with E-state index in [4.69, 9.17) is 0 Å². The van der Waals surface area contributed by atoms with E-state index in [9.17, 15) is 13.2 Å². The smallest absolute Gasteiger partial charge is 0.243 e. The summed E-state index contributed by atoms with van der Waals surface area (Å²) >= 11 is 0. The Bertz CT molecular complexity index is 947. The van der Waals surface area contributed by atoms with Gasteiger partial charge in [-0.2, -0.15) is 4.31 Å². The maximum Gasteiger partial charge on any atom is 0.243 e. The molecule has 1 aliphatic rings.